The van der Waals surface area contributed by atoms with Gasteiger partial charge in [0.1, 0.15) is 0 Å². The zero-order valence-corrected chi connectivity index (χ0v) is 16.1. The van der Waals surface area contributed by atoms with Gasteiger partial charge in [-0.2, -0.15) is 0 Å². The molecule has 0 saturated carbocycles. The van der Waals surface area contributed by atoms with E-state index in [1.807, 2.05) is 0 Å². The highest BCUT2D eigenvalue weighted by Crippen LogP contribution is 2.37. The van der Waals surface area contributed by atoms with Gasteiger partial charge < -0.3 is 5.32 Å². The summed E-state index contributed by atoms with van der Waals surface area (Å²) in [7, 11) is 0. The van der Waals surface area contributed by atoms with Crippen LogP contribution in [-0.2, 0) is 5.41 Å². The van der Waals surface area contributed by atoms with Crippen LogP contribution >= 0.6 is 0 Å². The summed E-state index contributed by atoms with van der Waals surface area (Å²) in [6.07, 6.45) is 1.15. The summed E-state index contributed by atoms with van der Waals surface area (Å²) in [5.41, 5.74) is 4.14. The number of rotatable bonds is 4. The third kappa shape index (κ3) is 4.22. The van der Waals surface area contributed by atoms with Gasteiger partial charge in [0.25, 0.3) is 0 Å². The molecule has 3 rings (SSSR count). The molecule has 0 radical (unpaired) electrons. The van der Waals surface area contributed by atoms with Crippen molar-refractivity contribution in [3.05, 3.63) is 72.3 Å². The van der Waals surface area contributed by atoms with Gasteiger partial charge in [-0.05, 0) is 46.4 Å². The molecule has 0 aliphatic rings. The maximum Gasteiger partial charge on any atom is 0.0463 e. The van der Waals surface area contributed by atoms with E-state index in [9.17, 15) is 0 Å². The lowest BCUT2D eigenvalue weighted by Crippen LogP contribution is -2.24. The van der Waals surface area contributed by atoms with Crippen molar-refractivity contribution in [1.29, 1.82) is 0 Å². The first-order chi connectivity index (χ1) is 11.7. The van der Waals surface area contributed by atoms with E-state index in [4.69, 9.17) is 0 Å². The molecule has 0 spiro atoms. The highest BCUT2D eigenvalue weighted by atomic mass is 14.9. The van der Waals surface area contributed by atoms with Gasteiger partial charge in [-0.3, -0.25) is 0 Å². The van der Waals surface area contributed by atoms with Crippen LogP contribution in [0.5, 0.6) is 0 Å². The molecule has 1 nitrogen and oxygen atoms in total. The number of anilines is 2. The minimum Gasteiger partial charge on any atom is -0.355 e. The van der Waals surface area contributed by atoms with Crippen molar-refractivity contribution in [3.8, 4) is 0 Å². The molecule has 25 heavy (non-hydrogen) atoms. The van der Waals surface area contributed by atoms with Gasteiger partial charge in [0.05, 0.1) is 0 Å². The topological polar surface area (TPSA) is 12.0 Å². The molecular weight excluding hydrogens is 302 g/mol. The molecule has 0 aliphatic carbocycles. The number of benzene rings is 3. The van der Waals surface area contributed by atoms with Crippen molar-refractivity contribution >= 4 is 22.1 Å². The third-order valence-corrected chi connectivity index (χ3v) is 4.68. The second-order valence-corrected chi connectivity index (χ2v) is 8.85. The van der Waals surface area contributed by atoms with E-state index in [2.05, 4.69) is 107 Å². The number of nitrogens with one attached hydrogen (secondary N) is 1. The fourth-order valence-corrected chi connectivity index (χ4v) is 3.94. The van der Waals surface area contributed by atoms with Crippen molar-refractivity contribution in [1.82, 2.24) is 0 Å². The predicted molar refractivity (Wildman–Crippen MR) is 111 cm³/mol. The monoisotopic (exact) mass is 331 g/mol. The van der Waals surface area contributed by atoms with E-state index >= 15 is 0 Å². The lowest BCUT2D eigenvalue weighted by Gasteiger charge is -2.33. The highest BCUT2D eigenvalue weighted by Gasteiger charge is 2.27. The Kier molecular flexibility index (Phi) is 4.60. The summed E-state index contributed by atoms with van der Waals surface area (Å²) >= 11 is 0. The Morgan fingerprint density at radius 2 is 1.44 bits per heavy atom. The summed E-state index contributed by atoms with van der Waals surface area (Å²) in [4.78, 5) is 0. The van der Waals surface area contributed by atoms with Crippen molar-refractivity contribution in [2.45, 2.75) is 46.5 Å². The predicted octanol–water partition coefficient (Wildman–Crippen LogP) is 7.30. The Hall–Kier alpha value is -2.28. The summed E-state index contributed by atoms with van der Waals surface area (Å²) in [5.74, 6) is 0. The quantitative estimate of drug-likeness (QED) is 0.529. The lowest BCUT2D eigenvalue weighted by molar-refractivity contribution is 0.284. The van der Waals surface area contributed by atoms with Crippen molar-refractivity contribution in [2.75, 3.05) is 5.32 Å². The Morgan fingerprint density at radius 3 is 2.20 bits per heavy atom. The van der Waals surface area contributed by atoms with Gasteiger partial charge in [-0.25, -0.2) is 0 Å². The largest absolute Gasteiger partial charge is 0.355 e. The summed E-state index contributed by atoms with van der Waals surface area (Å²) < 4.78 is 0. The van der Waals surface area contributed by atoms with E-state index in [0.717, 1.165) is 17.8 Å². The Morgan fingerprint density at radius 1 is 0.760 bits per heavy atom. The molecule has 1 heteroatoms. The molecule has 0 fully saturated rings. The minimum atomic E-state index is 0.148. The Labute approximate surface area is 152 Å². The maximum absolute atomic E-state index is 3.62. The van der Waals surface area contributed by atoms with Crippen LogP contribution in [0.3, 0.4) is 0 Å². The molecule has 0 unspecified atom stereocenters. The van der Waals surface area contributed by atoms with Gasteiger partial charge >= 0.3 is 0 Å². The first-order valence-corrected chi connectivity index (χ1v) is 9.10. The van der Waals surface area contributed by atoms with E-state index in [-0.39, 0.29) is 5.41 Å². The first-order valence-electron chi connectivity index (χ1n) is 9.10. The van der Waals surface area contributed by atoms with E-state index < -0.39 is 0 Å². The lowest BCUT2D eigenvalue weighted by atomic mass is 9.72. The molecule has 0 atom stereocenters. The molecule has 3 aromatic carbocycles. The molecule has 0 heterocycles. The average Bonchev–Trinajstić information content (AvgIpc) is 2.53. The van der Waals surface area contributed by atoms with Gasteiger partial charge in [0.15, 0.2) is 0 Å². The van der Waals surface area contributed by atoms with Crippen LogP contribution in [0.4, 0.5) is 11.4 Å². The maximum atomic E-state index is 3.62. The molecule has 3 aromatic rings. The fourth-order valence-electron chi connectivity index (χ4n) is 3.94. The van der Waals surface area contributed by atoms with Gasteiger partial charge in [-0.15, -0.1) is 0 Å². The SMILES string of the molecule is CC(C)(C)CC(C)(C)c1cccc(Nc2cccc3ccccc23)c1. The molecule has 130 valence electrons. The van der Waals surface area contributed by atoms with E-state index in [0.29, 0.717) is 5.41 Å². The van der Waals surface area contributed by atoms with Crippen LogP contribution in [-0.4, -0.2) is 0 Å². The van der Waals surface area contributed by atoms with Crippen LogP contribution in [0, 0.1) is 5.41 Å². The molecule has 0 aromatic heterocycles. The van der Waals surface area contributed by atoms with Crippen LogP contribution < -0.4 is 5.32 Å². The van der Waals surface area contributed by atoms with Crippen LogP contribution in [0.25, 0.3) is 10.8 Å². The van der Waals surface area contributed by atoms with Gasteiger partial charge in [0.2, 0.25) is 0 Å². The third-order valence-electron chi connectivity index (χ3n) is 4.68. The fraction of sp³-hybridized carbons (Fsp3) is 0.333. The number of hydrogen-bond donors (Lipinski definition) is 1. The summed E-state index contributed by atoms with van der Waals surface area (Å²) in [5, 5.41) is 6.14. The standard InChI is InChI=1S/C24H29N/c1-23(2,3)17-24(4,5)19-12-9-13-20(16-19)25-22-15-8-11-18-10-6-7-14-21(18)22/h6-16,25H,17H2,1-5H3. The normalized spacial score (nSPS) is 12.4. The van der Waals surface area contributed by atoms with Crippen LogP contribution in [0.2, 0.25) is 0 Å². The van der Waals surface area contributed by atoms with Gasteiger partial charge in [-0.1, -0.05) is 83.1 Å². The van der Waals surface area contributed by atoms with E-state index in [1.54, 1.807) is 0 Å². The molecule has 0 bridgehead atoms. The minimum absolute atomic E-state index is 0.148. The summed E-state index contributed by atoms with van der Waals surface area (Å²) in [6.45, 7) is 11.6. The zero-order valence-electron chi connectivity index (χ0n) is 16.1. The molecule has 0 saturated heterocycles. The Balaban J connectivity index is 1.92. The van der Waals surface area contributed by atoms with Gasteiger partial charge in [0, 0.05) is 16.8 Å². The summed E-state index contributed by atoms with van der Waals surface area (Å²) in [6, 6.07) is 23.8. The molecule has 1 N–H and O–H groups in total. The van der Waals surface area contributed by atoms with Crippen molar-refractivity contribution in [2.24, 2.45) is 5.41 Å². The van der Waals surface area contributed by atoms with Crippen molar-refractivity contribution < 1.29 is 0 Å². The van der Waals surface area contributed by atoms with E-state index in [1.165, 1.54) is 16.3 Å². The highest BCUT2D eigenvalue weighted by molar-refractivity contribution is 5.95. The molecule has 0 amide bonds. The zero-order chi connectivity index (χ0) is 18.1. The average molecular weight is 332 g/mol. The number of fused-ring (bicyclic) bond motifs is 1. The second kappa shape index (κ2) is 6.55. The van der Waals surface area contributed by atoms with Crippen molar-refractivity contribution in [3.63, 3.8) is 0 Å². The second-order valence-electron chi connectivity index (χ2n) is 8.85. The first kappa shape index (κ1) is 17.5. The Bertz CT molecular complexity index is 863. The van der Waals surface area contributed by atoms with Crippen LogP contribution in [0.1, 0.15) is 46.6 Å². The molecular formula is C24H29N. The smallest absolute Gasteiger partial charge is 0.0463 e. The van der Waals surface area contributed by atoms with Crippen LogP contribution in [0.15, 0.2) is 66.7 Å². The molecule has 0 aliphatic heterocycles. The number of hydrogen-bond acceptors (Lipinski definition) is 1.